The van der Waals surface area contributed by atoms with Crippen LogP contribution in [-0.2, 0) is 0 Å². The first-order valence-corrected chi connectivity index (χ1v) is 2.70. The third kappa shape index (κ3) is 2.33. The molecule has 0 aromatic carbocycles. The Morgan fingerprint density at radius 3 is 2.50 bits per heavy atom. The zero-order valence-electron chi connectivity index (χ0n) is 3.02. The molecule has 1 N–H and O–H groups in total. The number of nitrogens with one attached hydrogen (secondary N) is 1. The predicted molar refractivity (Wildman–Crippen MR) is 31.8 cm³/mol. The van der Waals surface area contributed by atoms with E-state index in [-0.39, 0.29) is 5.45 Å². The summed E-state index contributed by atoms with van der Waals surface area (Å²) in [6, 6.07) is 0. The van der Waals surface area contributed by atoms with Gasteiger partial charge >= 0.3 is 39.4 Å². The number of rotatable bonds is 0. The topological polar surface area (TPSA) is 23.9 Å². The maximum atomic E-state index is 6.69. The molecule has 28 valence electrons. The molecule has 3 heteroatoms. The van der Waals surface area contributed by atoms with E-state index in [4.69, 9.17) is 11.5 Å². The molecular formula is C3H3NP2+2. The summed E-state index contributed by atoms with van der Waals surface area (Å²) in [7, 11) is 3.31. The molecule has 0 rings (SSSR count). The first kappa shape index (κ1) is 6.09. The summed E-state index contributed by atoms with van der Waals surface area (Å²) in [5, 5.41) is 6.69. The number of hydrogen-bond donors (Lipinski definition) is 1. The van der Waals surface area contributed by atoms with E-state index in [1.54, 1.807) is 0 Å². The molecule has 0 aromatic rings. The Labute approximate surface area is 40.2 Å². The molecule has 0 atom stereocenters. The molecule has 0 aliphatic rings. The van der Waals surface area contributed by atoms with Gasteiger partial charge in [-0.25, -0.2) is 0 Å². The maximum absolute atomic E-state index is 6.69. The molecule has 0 spiro atoms. The van der Waals surface area contributed by atoms with Crippen LogP contribution in [0.5, 0.6) is 0 Å². The second kappa shape index (κ2) is 3.29. The average Bonchev–Trinajstić information content (AvgIpc) is 1.65. The second-order valence-electron chi connectivity index (χ2n) is 0.603. The Bertz CT molecular complexity index is 120. The molecule has 0 heterocycles. The van der Waals surface area contributed by atoms with Crippen molar-refractivity contribution < 1.29 is 0 Å². The standard InChI is InChI=1S/C3H2NP2/c1-6-3(4)2-5/h1,4H/q+1/p+1. The minimum atomic E-state index is 0.256. The molecule has 0 fully saturated rings. The monoisotopic (exact) mass is 115 g/mol. The summed E-state index contributed by atoms with van der Waals surface area (Å²) in [5.41, 5.74) is 2.62. The SMILES string of the molecule is C#[P+]C(=N)C#[PH+]. The molecule has 6 heavy (non-hydrogen) atoms. The predicted octanol–water partition coefficient (Wildman–Crippen LogP) is 1.60. The van der Waals surface area contributed by atoms with Gasteiger partial charge in [-0.1, -0.05) is 0 Å². The van der Waals surface area contributed by atoms with Gasteiger partial charge in [0.1, 0.15) is 0 Å². The summed E-state index contributed by atoms with van der Waals surface area (Å²) in [4.78, 5) is 0. The Hall–Kier alpha value is 0.0900. The fraction of sp³-hybridized carbons (Fsp3) is 0. The van der Waals surface area contributed by atoms with Crippen LogP contribution in [0.4, 0.5) is 0 Å². The van der Waals surface area contributed by atoms with Gasteiger partial charge in [0.15, 0.2) is 0 Å². The molecule has 0 amide bonds. The first-order valence-electron chi connectivity index (χ1n) is 1.23. The van der Waals surface area contributed by atoms with Crippen LogP contribution >= 0.6 is 16.7 Å². The van der Waals surface area contributed by atoms with Crippen LogP contribution < -0.4 is 0 Å². The number of hydrogen-bond acceptors (Lipinski definition) is 1. The zero-order chi connectivity index (χ0) is 4.99. The zero-order valence-corrected chi connectivity index (χ0v) is 4.92. The summed E-state index contributed by atoms with van der Waals surface area (Å²) < 4.78 is 0. The summed E-state index contributed by atoms with van der Waals surface area (Å²) >= 11 is 0. The van der Waals surface area contributed by atoms with Gasteiger partial charge in [0.2, 0.25) is 0 Å². The fourth-order valence-electron chi connectivity index (χ4n) is 0.0323. The van der Waals surface area contributed by atoms with E-state index in [1.807, 2.05) is 0 Å². The molecule has 0 aliphatic heterocycles. The molecule has 0 saturated heterocycles. The molecule has 0 saturated carbocycles. The van der Waals surface area contributed by atoms with E-state index in [0.717, 1.165) is 0 Å². The van der Waals surface area contributed by atoms with E-state index in [0.29, 0.717) is 8.04 Å². The van der Waals surface area contributed by atoms with Crippen molar-refractivity contribution in [1.29, 1.82) is 5.41 Å². The van der Waals surface area contributed by atoms with Crippen molar-refractivity contribution >= 4 is 22.2 Å². The second-order valence-corrected chi connectivity index (χ2v) is 1.56. The van der Waals surface area contributed by atoms with Crippen LogP contribution in [0.25, 0.3) is 0 Å². The molecule has 0 aliphatic carbocycles. The Kier molecular flexibility index (Phi) is 3.34. The van der Waals surface area contributed by atoms with Gasteiger partial charge in [-0.05, 0) is 0 Å². The molecule has 0 unspecified atom stereocenters. The van der Waals surface area contributed by atoms with Crippen molar-refractivity contribution in [2.24, 2.45) is 0 Å². The van der Waals surface area contributed by atoms with Gasteiger partial charge in [0.25, 0.3) is 0 Å². The molecule has 0 bridgehead atoms. The van der Waals surface area contributed by atoms with Crippen molar-refractivity contribution in [2.45, 2.75) is 0 Å². The third-order valence-corrected chi connectivity index (χ3v) is 1.08. The van der Waals surface area contributed by atoms with Crippen molar-refractivity contribution in [3.8, 4) is 11.8 Å². The van der Waals surface area contributed by atoms with Crippen LogP contribution in [0, 0.1) is 17.2 Å². The fourth-order valence-corrected chi connectivity index (χ4v) is 0.290. The summed E-state index contributed by atoms with van der Waals surface area (Å²) in [6.07, 6.45) is 4.94. The van der Waals surface area contributed by atoms with Gasteiger partial charge in [-0.2, -0.15) is 0 Å². The molecule has 1 nitrogen and oxygen atoms in total. The van der Waals surface area contributed by atoms with Crippen LogP contribution in [-0.4, -0.2) is 5.45 Å². The normalized spacial score (nSPS) is 5.67. The van der Waals surface area contributed by atoms with Gasteiger partial charge in [0, 0.05) is 0 Å². The van der Waals surface area contributed by atoms with Crippen molar-refractivity contribution in [3.63, 3.8) is 0 Å². The minimum absolute atomic E-state index is 0.256. The van der Waals surface area contributed by atoms with Crippen LogP contribution in [0.3, 0.4) is 0 Å². The van der Waals surface area contributed by atoms with E-state index >= 15 is 0 Å². The van der Waals surface area contributed by atoms with E-state index in [2.05, 4.69) is 14.3 Å². The summed E-state index contributed by atoms with van der Waals surface area (Å²) in [5.74, 6) is 0. The Morgan fingerprint density at radius 2 is 2.50 bits per heavy atom. The van der Waals surface area contributed by atoms with Crippen molar-refractivity contribution in [2.75, 3.05) is 0 Å². The molecule has 0 aromatic heterocycles. The average molecular weight is 115 g/mol. The Balaban J connectivity index is 3.75. The first-order chi connectivity index (χ1) is 2.81. The van der Waals surface area contributed by atoms with Crippen molar-refractivity contribution in [3.05, 3.63) is 0 Å². The van der Waals surface area contributed by atoms with Gasteiger partial charge < -0.3 is 0 Å². The van der Waals surface area contributed by atoms with E-state index in [9.17, 15) is 0 Å². The van der Waals surface area contributed by atoms with E-state index in [1.165, 1.54) is 0 Å². The molecular weight excluding hydrogens is 112 g/mol. The third-order valence-electron chi connectivity index (χ3n) is 0.248. The van der Waals surface area contributed by atoms with Crippen molar-refractivity contribution in [1.82, 2.24) is 0 Å². The quantitative estimate of drug-likeness (QED) is 0.366. The Morgan fingerprint density at radius 1 is 2.00 bits per heavy atom. The van der Waals surface area contributed by atoms with Gasteiger partial charge in [-0.3, -0.25) is 0 Å². The summed E-state index contributed by atoms with van der Waals surface area (Å²) in [6.45, 7) is 0. The van der Waals surface area contributed by atoms with Crippen LogP contribution in [0.1, 0.15) is 0 Å². The van der Waals surface area contributed by atoms with E-state index < -0.39 is 0 Å². The van der Waals surface area contributed by atoms with Crippen LogP contribution in [0.2, 0.25) is 0 Å². The molecule has 0 radical (unpaired) electrons. The van der Waals surface area contributed by atoms with Gasteiger partial charge in [-0.15, -0.1) is 0 Å². The van der Waals surface area contributed by atoms with Gasteiger partial charge in [0.05, 0.1) is 0 Å². The van der Waals surface area contributed by atoms with Crippen LogP contribution in [0.15, 0.2) is 0 Å².